The van der Waals surface area contributed by atoms with E-state index in [1.165, 1.54) is 0 Å². The highest BCUT2D eigenvalue weighted by Crippen LogP contribution is 2.22. The van der Waals surface area contributed by atoms with Gasteiger partial charge in [0.1, 0.15) is 0 Å². The Morgan fingerprint density at radius 1 is 1.35 bits per heavy atom. The summed E-state index contributed by atoms with van der Waals surface area (Å²) in [4.78, 5) is 0. The van der Waals surface area contributed by atoms with E-state index in [1.54, 1.807) is 11.8 Å². The normalized spacial score (nSPS) is 13.7. The lowest BCUT2D eigenvalue weighted by Crippen LogP contribution is -2.25. The maximum Gasteiger partial charge on any atom is 0.389 e. The van der Waals surface area contributed by atoms with Crippen molar-refractivity contribution in [3.63, 3.8) is 0 Å². The van der Waals surface area contributed by atoms with Crippen LogP contribution >= 0.6 is 0 Å². The second-order valence-electron chi connectivity index (χ2n) is 4.50. The first-order valence-corrected chi connectivity index (χ1v) is 6.49. The number of rotatable bonds is 9. The van der Waals surface area contributed by atoms with E-state index in [1.807, 2.05) is 6.92 Å². The molecule has 1 rings (SSSR count). The third kappa shape index (κ3) is 6.29. The van der Waals surface area contributed by atoms with Gasteiger partial charge in [-0.15, -0.1) is 5.10 Å². The van der Waals surface area contributed by atoms with Gasteiger partial charge in [0.05, 0.1) is 12.6 Å². The number of aryl methyl sites for hydroxylation is 1. The molecule has 0 bridgehead atoms. The van der Waals surface area contributed by atoms with Crippen LogP contribution in [-0.2, 0) is 11.3 Å². The SMILES string of the molecule is COCCNC(C)c1nnnn1CCCCC(F)(F)F. The van der Waals surface area contributed by atoms with E-state index in [2.05, 4.69) is 20.8 Å². The van der Waals surface area contributed by atoms with Crippen molar-refractivity contribution in [3.05, 3.63) is 5.82 Å². The topological polar surface area (TPSA) is 64.9 Å². The standard InChI is InChI=1S/C11H20F3N5O/c1-9(15-6-8-20-2)10-16-17-18-19(10)7-4-3-5-11(12,13)14/h9,15H,3-8H2,1-2H3. The number of nitrogens with one attached hydrogen (secondary N) is 1. The molecule has 1 unspecified atom stereocenters. The molecule has 20 heavy (non-hydrogen) atoms. The minimum absolute atomic E-state index is 0.0777. The van der Waals surface area contributed by atoms with E-state index < -0.39 is 12.6 Å². The zero-order valence-corrected chi connectivity index (χ0v) is 11.7. The highest BCUT2D eigenvalue weighted by Gasteiger charge is 2.26. The van der Waals surface area contributed by atoms with Crippen molar-refractivity contribution >= 4 is 0 Å². The fourth-order valence-electron chi connectivity index (χ4n) is 1.74. The summed E-state index contributed by atoms with van der Waals surface area (Å²) in [5.74, 6) is 0.619. The lowest BCUT2D eigenvalue weighted by Gasteiger charge is -2.13. The molecule has 0 fully saturated rings. The summed E-state index contributed by atoms with van der Waals surface area (Å²) in [7, 11) is 1.61. The lowest BCUT2D eigenvalue weighted by molar-refractivity contribution is -0.135. The van der Waals surface area contributed by atoms with Crippen LogP contribution < -0.4 is 5.32 Å². The van der Waals surface area contributed by atoms with Crippen molar-refractivity contribution in [1.29, 1.82) is 0 Å². The van der Waals surface area contributed by atoms with Crippen molar-refractivity contribution in [2.75, 3.05) is 20.3 Å². The summed E-state index contributed by atoms with van der Waals surface area (Å²) in [5, 5.41) is 14.4. The van der Waals surface area contributed by atoms with Crippen molar-refractivity contribution in [2.45, 2.75) is 44.9 Å². The van der Waals surface area contributed by atoms with Gasteiger partial charge in [-0.2, -0.15) is 13.2 Å². The maximum atomic E-state index is 12.0. The van der Waals surface area contributed by atoms with Gasteiger partial charge in [0.25, 0.3) is 0 Å². The number of aromatic nitrogens is 4. The minimum Gasteiger partial charge on any atom is -0.383 e. The number of ether oxygens (including phenoxy) is 1. The van der Waals surface area contributed by atoms with E-state index in [4.69, 9.17) is 4.74 Å². The van der Waals surface area contributed by atoms with Gasteiger partial charge in [0.2, 0.25) is 0 Å². The molecule has 0 saturated heterocycles. The molecule has 0 aliphatic rings. The van der Waals surface area contributed by atoms with Crippen LogP contribution in [0.1, 0.15) is 38.1 Å². The fraction of sp³-hybridized carbons (Fsp3) is 0.909. The molecule has 1 N–H and O–H groups in total. The van der Waals surface area contributed by atoms with Crippen molar-refractivity contribution in [1.82, 2.24) is 25.5 Å². The molecule has 1 heterocycles. The van der Waals surface area contributed by atoms with E-state index >= 15 is 0 Å². The number of nitrogens with zero attached hydrogens (tertiary/aromatic N) is 4. The third-order valence-corrected chi connectivity index (χ3v) is 2.78. The van der Waals surface area contributed by atoms with Crippen LogP contribution in [0.4, 0.5) is 13.2 Å². The Hall–Kier alpha value is -1.22. The number of methoxy groups -OCH3 is 1. The number of halogens is 3. The molecule has 1 aromatic rings. The van der Waals surface area contributed by atoms with Crippen molar-refractivity contribution in [2.24, 2.45) is 0 Å². The Balaban J connectivity index is 2.38. The van der Waals surface area contributed by atoms with E-state index in [9.17, 15) is 13.2 Å². The summed E-state index contributed by atoms with van der Waals surface area (Å²) in [5.41, 5.74) is 0. The Bertz CT molecular complexity index is 382. The second-order valence-corrected chi connectivity index (χ2v) is 4.50. The lowest BCUT2D eigenvalue weighted by atomic mass is 10.2. The number of unbranched alkanes of at least 4 members (excludes halogenated alkanes) is 1. The fourth-order valence-corrected chi connectivity index (χ4v) is 1.74. The molecule has 0 aliphatic carbocycles. The number of tetrazole rings is 1. The van der Waals surface area contributed by atoms with Crippen LogP contribution in [0.25, 0.3) is 0 Å². The van der Waals surface area contributed by atoms with Gasteiger partial charge >= 0.3 is 6.18 Å². The molecular formula is C11H20F3N5O. The molecular weight excluding hydrogens is 275 g/mol. The molecule has 0 spiro atoms. The van der Waals surface area contributed by atoms with E-state index in [0.29, 0.717) is 31.9 Å². The largest absolute Gasteiger partial charge is 0.389 e. The number of hydrogen-bond acceptors (Lipinski definition) is 5. The van der Waals surface area contributed by atoms with Gasteiger partial charge in [-0.05, 0) is 30.2 Å². The molecule has 9 heteroatoms. The summed E-state index contributed by atoms with van der Waals surface area (Å²) in [6, 6.07) is -0.0808. The van der Waals surface area contributed by atoms with Gasteiger partial charge in [0.15, 0.2) is 5.82 Å². The summed E-state index contributed by atoms with van der Waals surface area (Å²) < 4.78 is 42.6. The van der Waals surface area contributed by atoms with Crippen molar-refractivity contribution in [3.8, 4) is 0 Å². The van der Waals surface area contributed by atoms with Gasteiger partial charge in [-0.25, -0.2) is 4.68 Å². The zero-order valence-electron chi connectivity index (χ0n) is 11.7. The summed E-state index contributed by atoms with van der Waals surface area (Å²) >= 11 is 0. The first kappa shape index (κ1) is 16.8. The zero-order chi connectivity index (χ0) is 15.0. The molecule has 0 radical (unpaired) electrons. The Morgan fingerprint density at radius 2 is 2.10 bits per heavy atom. The van der Waals surface area contributed by atoms with Gasteiger partial charge in [-0.3, -0.25) is 0 Å². The van der Waals surface area contributed by atoms with Crippen LogP contribution in [-0.4, -0.2) is 46.6 Å². The van der Waals surface area contributed by atoms with Crippen LogP contribution in [0.15, 0.2) is 0 Å². The Labute approximate surface area is 115 Å². The van der Waals surface area contributed by atoms with Crippen LogP contribution in [0.2, 0.25) is 0 Å². The molecule has 116 valence electrons. The second kappa shape index (κ2) is 8.15. The number of alkyl halides is 3. The minimum atomic E-state index is -4.10. The molecule has 6 nitrogen and oxygen atoms in total. The highest BCUT2D eigenvalue weighted by molar-refractivity contribution is 4.89. The first-order valence-electron chi connectivity index (χ1n) is 6.49. The Morgan fingerprint density at radius 3 is 2.75 bits per heavy atom. The third-order valence-electron chi connectivity index (χ3n) is 2.78. The predicted molar refractivity (Wildman–Crippen MR) is 66.0 cm³/mol. The summed E-state index contributed by atoms with van der Waals surface area (Å²) in [6.45, 7) is 3.50. The summed E-state index contributed by atoms with van der Waals surface area (Å²) in [6.07, 6.45) is -4.40. The van der Waals surface area contributed by atoms with Crippen LogP contribution in [0.5, 0.6) is 0 Å². The smallest absolute Gasteiger partial charge is 0.383 e. The van der Waals surface area contributed by atoms with Crippen molar-refractivity contribution < 1.29 is 17.9 Å². The van der Waals surface area contributed by atoms with Crippen LogP contribution in [0, 0.1) is 0 Å². The quantitative estimate of drug-likeness (QED) is 0.703. The van der Waals surface area contributed by atoms with Crippen LogP contribution in [0.3, 0.4) is 0 Å². The molecule has 1 aromatic heterocycles. The molecule has 0 aromatic carbocycles. The van der Waals surface area contributed by atoms with Gasteiger partial charge < -0.3 is 10.1 Å². The maximum absolute atomic E-state index is 12.0. The van der Waals surface area contributed by atoms with Gasteiger partial charge in [0, 0.05) is 26.6 Å². The Kier molecular flexibility index (Phi) is 6.86. The molecule has 0 saturated carbocycles. The average molecular weight is 295 g/mol. The molecule has 0 aliphatic heterocycles. The van der Waals surface area contributed by atoms with E-state index in [0.717, 1.165) is 0 Å². The highest BCUT2D eigenvalue weighted by atomic mass is 19.4. The van der Waals surface area contributed by atoms with Gasteiger partial charge in [-0.1, -0.05) is 0 Å². The average Bonchev–Trinajstić information content (AvgIpc) is 2.82. The predicted octanol–water partition coefficient (Wildman–Crippen LogP) is 1.70. The van der Waals surface area contributed by atoms with E-state index in [-0.39, 0.29) is 12.5 Å². The molecule has 1 atom stereocenters. The number of hydrogen-bond donors (Lipinski definition) is 1. The first-order chi connectivity index (χ1) is 9.44. The monoisotopic (exact) mass is 295 g/mol. The molecule has 0 amide bonds.